The molecule has 3 aromatic rings. The average Bonchev–Trinajstić information content (AvgIpc) is 3.07. The molecule has 29 heavy (non-hydrogen) atoms. The van der Waals surface area contributed by atoms with E-state index in [4.69, 9.17) is 27.9 Å². The number of rotatable bonds is 6. The second kappa shape index (κ2) is 8.22. The highest BCUT2D eigenvalue weighted by Gasteiger charge is 2.18. The number of H-pyrrole nitrogens is 1. The van der Waals surface area contributed by atoms with Gasteiger partial charge in [0.05, 0.1) is 10.0 Å². The molecule has 2 heterocycles. The predicted molar refractivity (Wildman–Crippen MR) is 105 cm³/mol. The molecule has 0 bridgehead atoms. The number of hydrogen-bond acceptors (Lipinski definition) is 7. The lowest BCUT2D eigenvalue weighted by Crippen LogP contribution is -2.24. The Morgan fingerprint density at radius 2 is 1.90 bits per heavy atom. The number of Topliss-reactive ketones (excluding diaryl/α,β-unsaturated/α-hetero) is 1. The Hall–Kier alpha value is -2.91. The monoisotopic (exact) mass is 438 g/mol. The summed E-state index contributed by atoms with van der Waals surface area (Å²) < 4.78 is 11.2. The van der Waals surface area contributed by atoms with Crippen LogP contribution in [0.15, 0.2) is 32.3 Å². The van der Waals surface area contributed by atoms with Crippen molar-refractivity contribution < 1.29 is 14.1 Å². The molecule has 11 heteroatoms. The molecule has 1 N–H and O–H groups in total. The third kappa shape index (κ3) is 4.57. The number of carbonyl (C=O) groups is 1. The molecule has 0 fully saturated rings. The maximum atomic E-state index is 12.1. The molecule has 0 unspecified atom stereocenters. The van der Waals surface area contributed by atoms with Crippen LogP contribution in [-0.2, 0) is 13.5 Å². The van der Waals surface area contributed by atoms with Crippen molar-refractivity contribution in [2.24, 2.45) is 7.05 Å². The van der Waals surface area contributed by atoms with Crippen molar-refractivity contribution in [1.82, 2.24) is 19.9 Å². The van der Waals surface area contributed by atoms with Crippen LogP contribution in [-0.4, -0.2) is 25.7 Å². The maximum Gasteiger partial charge on any atom is 0.439 e. The molecule has 0 amide bonds. The van der Waals surface area contributed by atoms with Gasteiger partial charge in [0.1, 0.15) is 0 Å². The highest BCUT2D eigenvalue weighted by molar-refractivity contribution is 6.37. The van der Waals surface area contributed by atoms with Crippen molar-refractivity contribution in [2.45, 2.75) is 26.2 Å². The van der Waals surface area contributed by atoms with Crippen molar-refractivity contribution in [1.29, 1.82) is 0 Å². The Morgan fingerprint density at radius 3 is 2.45 bits per heavy atom. The summed E-state index contributed by atoms with van der Waals surface area (Å²) in [5.74, 6) is -1.22. The highest BCUT2D eigenvalue weighted by atomic mass is 35.5. The zero-order chi connectivity index (χ0) is 21.3. The first kappa shape index (κ1) is 20.8. The van der Waals surface area contributed by atoms with Gasteiger partial charge in [0.15, 0.2) is 5.75 Å². The van der Waals surface area contributed by atoms with Gasteiger partial charge in [0, 0.05) is 25.1 Å². The first-order valence-corrected chi connectivity index (χ1v) is 9.24. The zero-order valence-corrected chi connectivity index (χ0v) is 17.2. The summed E-state index contributed by atoms with van der Waals surface area (Å²) >= 11 is 12.6. The third-order valence-electron chi connectivity index (χ3n) is 4.02. The predicted octanol–water partition coefficient (Wildman–Crippen LogP) is 3.10. The molecular weight excluding hydrogens is 423 g/mol. The maximum absolute atomic E-state index is 12.1. The summed E-state index contributed by atoms with van der Waals surface area (Å²) in [5, 5.41) is 7.71. The van der Waals surface area contributed by atoms with Crippen LogP contribution in [0.4, 0.5) is 0 Å². The van der Waals surface area contributed by atoms with Gasteiger partial charge >= 0.3 is 5.76 Å². The van der Waals surface area contributed by atoms with E-state index in [9.17, 15) is 14.4 Å². The number of benzene rings is 1. The number of nitrogens with zero attached hydrogens (tertiary/aromatic N) is 3. The van der Waals surface area contributed by atoms with Crippen LogP contribution in [0.25, 0.3) is 0 Å². The Balaban J connectivity index is 1.88. The topological polar surface area (TPSA) is 120 Å². The minimum absolute atomic E-state index is 0.0265. The summed E-state index contributed by atoms with van der Waals surface area (Å²) in [7, 11) is 1.52. The van der Waals surface area contributed by atoms with Gasteiger partial charge in [0.25, 0.3) is 5.56 Å². The number of ether oxygens (including phenoxy) is 1. The van der Waals surface area contributed by atoms with Gasteiger partial charge in [-0.3, -0.25) is 19.1 Å². The number of aromatic amines is 1. The Labute approximate surface area is 174 Å². The van der Waals surface area contributed by atoms with Crippen LogP contribution < -0.4 is 16.1 Å². The molecule has 0 atom stereocenters. The van der Waals surface area contributed by atoms with E-state index in [0.717, 1.165) is 0 Å². The van der Waals surface area contributed by atoms with Crippen LogP contribution in [0.2, 0.25) is 10.0 Å². The van der Waals surface area contributed by atoms with Gasteiger partial charge in [0.2, 0.25) is 17.5 Å². The minimum Gasteiger partial charge on any atom is -0.434 e. The Morgan fingerprint density at radius 1 is 1.24 bits per heavy atom. The molecule has 0 aliphatic rings. The Kier molecular flexibility index (Phi) is 5.90. The van der Waals surface area contributed by atoms with Crippen molar-refractivity contribution in [3.05, 3.63) is 66.1 Å². The lowest BCUT2D eigenvalue weighted by molar-refractivity contribution is 0.0980. The number of carbonyl (C=O) groups excluding carboxylic acids is 1. The van der Waals surface area contributed by atoms with E-state index >= 15 is 0 Å². The van der Waals surface area contributed by atoms with E-state index in [1.54, 1.807) is 0 Å². The van der Waals surface area contributed by atoms with Gasteiger partial charge in [-0.2, -0.15) is 0 Å². The summed E-state index contributed by atoms with van der Waals surface area (Å²) in [4.78, 5) is 37.4. The van der Waals surface area contributed by atoms with Gasteiger partial charge in [-0.25, -0.2) is 9.48 Å². The van der Waals surface area contributed by atoms with E-state index in [0.29, 0.717) is 11.1 Å². The molecule has 0 spiro atoms. The van der Waals surface area contributed by atoms with E-state index < -0.39 is 11.5 Å². The molecular formula is C18H16Cl2N4O5. The van der Waals surface area contributed by atoms with Gasteiger partial charge in [-0.05, 0) is 23.6 Å². The summed E-state index contributed by atoms with van der Waals surface area (Å²) in [6, 6.07) is 4.55. The number of hydrogen-bond donors (Lipinski definition) is 1. The molecule has 9 nitrogen and oxygen atoms in total. The molecule has 0 saturated heterocycles. The largest absolute Gasteiger partial charge is 0.439 e. The number of ketones is 1. The van der Waals surface area contributed by atoms with Crippen LogP contribution in [0, 0.1) is 0 Å². The first-order chi connectivity index (χ1) is 13.7. The van der Waals surface area contributed by atoms with Crippen LogP contribution in [0.5, 0.6) is 11.6 Å². The lowest BCUT2D eigenvalue weighted by atomic mass is 10.1. The van der Waals surface area contributed by atoms with E-state index in [1.165, 1.54) is 29.9 Å². The number of aromatic nitrogens is 4. The molecule has 2 aromatic heterocycles. The fraction of sp³-hybridized carbons (Fsp3) is 0.278. The SMILES string of the molecule is CC(C)c1cc(Oc2c(Cl)cc(CC(=O)c3noc(=O)[nH]3)cc2Cl)nn(C)c1=O. The fourth-order valence-corrected chi connectivity index (χ4v) is 3.21. The molecule has 3 rings (SSSR count). The van der Waals surface area contributed by atoms with Crippen LogP contribution in [0.1, 0.15) is 41.5 Å². The standard InChI is InChI=1S/C18H16Cl2N4O5/c1-8(2)10-7-14(22-24(3)17(10)26)28-15-11(19)4-9(5-12(15)20)6-13(25)16-21-18(27)29-23-16/h4-5,7-8H,6H2,1-3H3,(H,21,23,27). The second-order valence-corrected chi connectivity index (χ2v) is 7.37. The van der Waals surface area contributed by atoms with Crippen molar-refractivity contribution >= 4 is 29.0 Å². The van der Waals surface area contributed by atoms with E-state index in [1.807, 2.05) is 13.8 Å². The number of nitrogens with one attached hydrogen (secondary N) is 1. The summed E-state index contributed by atoms with van der Waals surface area (Å²) in [5.41, 5.74) is 0.801. The van der Waals surface area contributed by atoms with Crippen molar-refractivity contribution in [2.75, 3.05) is 0 Å². The average molecular weight is 439 g/mol. The molecule has 152 valence electrons. The van der Waals surface area contributed by atoms with Crippen LogP contribution >= 0.6 is 23.2 Å². The number of halogens is 2. The normalized spacial score (nSPS) is 11.1. The van der Waals surface area contributed by atoms with E-state index in [-0.39, 0.29) is 45.4 Å². The van der Waals surface area contributed by atoms with E-state index in [2.05, 4.69) is 19.8 Å². The van der Waals surface area contributed by atoms with Crippen molar-refractivity contribution in [3.63, 3.8) is 0 Å². The van der Waals surface area contributed by atoms with Gasteiger partial charge < -0.3 is 4.74 Å². The molecule has 0 aliphatic carbocycles. The third-order valence-corrected chi connectivity index (χ3v) is 4.59. The minimum atomic E-state index is -0.821. The second-order valence-electron chi connectivity index (χ2n) is 6.56. The van der Waals surface area contributed by atoms with Crippen molar-refractivity contribution in [3.8, 4) is 11.6 Å². The number of aryl methyl sites for hydroxylation is 1. The molecule has 0 aliphatic heterocycles. The highest BCUT2D eigenvalue weighted by Crippen LogP contribution is 2.37. The lowest BCUT2D eigenvalue weighted by Gasteiger charge is -2.13. The smallest absolute Gasteiger partial charge is 0.434 e. The molecule has 0 saturated carbocycles. The summed E-state index contributed by atoms with van der Waals surface area (Å²) in [6.45, 7) is 3.77. The van der Waals surface area contributed by atoms with Gasteiger partial charge in [-0.1, -0.05) is 42.2 Å². The fourth-order valence-electron chi connectivity index (χ4n) is 2.60. The summed E-state index contributed by atoms with van der Waals surface area (Å²) in [6.07, 6.45) is -0.113. The van der Waals surface area contributed by atoms with Crippen LogP contribution in [0.3, 0.4) is 0 Å². The molecule has 1 aromatic carbocycles. The van der Waals surface area contributed by atoms with Gasteiger partial charge in [-0.15, -0.1) is 5.10 Å². The zero-order valence-electron chi connectivity index (χ0n) is 15.7. The first-order valence-electron chi connectivity index (χ1n) is 8.49. The Bertz CT molecular complexity index is 1170. The molecule has 0 radical (unpaired) electrons. The quantitative estimate of drug-likeness (QED) is 0.586.